The van der Waals surface area contributed by atoms with Crippen LogP contribution in [0.4, 0.5) is 8.78 Å². The quantitative estimate of drug-likeness (QED) is 0.658. The summed E-state index contributed by atoms with van der Waals surface area (Å²) in [7, 11) is 1.60. The topological polar surface area (TPSA) is 47.3 Å². The van der Waals surface area contributed by atoms with Crippen LogP contribution in [-0.2, 0) is 6.42 Å². The maximum absolute atomic E-state index is 13.3. The second-order valence-corrected chi connectivity index (χ2v) is 4.90. The average Bonchev–Trinajstić information content (AvgIpc) is 2.49. The third-order valence-electron chi connectivity index (χ3n) is 3.46. The van der Waals surface area contributed by atoms with Gasteiger partial charge in [0.1, 0.15) is 5.75 Å². The van der Waals surface area contributed by atoms with Crippen LogP contribution < -0.4 is 16.0 Å². The van der Waals surface area contributed by atoms with E-state index in [1.165, 1.54) is 6.07 Å². The van der Waals surface area contributed by atoms with Gasteiger partial charge in [-0.15, -0.1) is 0 Å². The van der Waals surface area contributed by atoms with Gasteiger partial charge in [-0.25, -0.2) is 8.78 Å². The molecule has 2 aromatic carbocycles. The molecular formula is C16H18F2N2O. The summed E-state index contributed by atoms with van der Waals surface area (Å²) in [5.41, 5.74) is 5.30. The molecule has 1 unspecified atom stereocenters. The number of methoxy groups -OCH3 is 1. The second kappa shape index (κ2) is 6.65. The molecule has 0 heterocycles. The molecule has 1 atom stereocenters. The summed E-state index contributed by atoms with van der Waals surface area (Å²) < 4.78 is 31.5. The predicted molar refractivity (Wildman–Crippen MR) is 77.9 cm³/mol. The molecule has 0 fully saturated rings. The highest BCUT2D eigenvalue weighted by Crippen LogP contribution is 2.25. The first-order valence-corrected chi connectivity index (χ1v) is 6.59. The summed E-state index contributed by atoms with van der Waals surface area (Å²) in [5, 5.41) is 0. The fourth-order valence-electron chi connectivity index (χ4n) is 2.23. The zero-order valence-electron chi connectivity index (χ0n) is 12.0. The van der Waals surface area contributed by atoms with Crippen molar-refractivity contribution in [3.05, 3.63) is 64.7 Å². The molecule has 0 saturated heterocycles. The van der Waals surface area contributed by atoms with E-state index in [1.54, 1.807) is 13.2 Å². The first-order chi connectivity index (χ1) is 10.0. The molecule has 112 valence electrons. The van der Waals surface area contributed by atoms with Crippen LogP contribution in [0.5, 0.6) is 5.75 Å². The Morgan fingerprint density at radius 1 is 1.14 bits per heavy atom. The molecule has 5 heteroatoms. The summed E-state index contributed by atoms with van der Waals surface area (Å²) in [6.45, 7) is 1.95. The molecule has 0 amide bonds. The Kier molecular flexibility index (Phi) is 4.88. The molecule has 3 nitrogen and oxygen atoms in total. The number of nitrogens with two attached hydrogens (primary N) is 1. The fraction of sp³-hybridized carbons (Fsp3) is 0.250. The smallest absolute Gasteiger partial charge is 0.159 e. The molecule has 0 spiro atoms. The molecule has 0 bridgehead atoms. The molecule has 21 heavy (non-hydrogen) atoms. The van der Waals surface area contributed by atoms with Crippen LogP contribution in [-0.4, -0.2) is 7.11 Å². The molecule has 0 aliphatic rings. The normalized spacial score (nSPS) is 12.2. The van der Waals surface area contributed by atoms with Crippen molar-refractivity contribution in [2.24, 2.45) is 5.84 Å². The zero-order chi connectivity index (χ0) is 15.4. The van der Waals surface area contributed by atoms with Crippen LogP contribution in [0.15, 0.2) is 36.4 Å². The molecular weight excluding hydrogens is 274 g/mol. The second-order valence-electron chi connectivity index (χ2n) is 4.90. The minimum Gasteiger partial charge on any atom is -0.496 e. The Balaban J connectivity index is 2.25. The van der Waals surface area contributed by atoms with Crippen LogP contribution in [0.3, 0.4) is 0 Å². The van der Waals surface area contributed by atoms with Crippen molar-refractivity contribution in [2.45, 2.75) is 19.4 Å². The predicted octanol–water partition coefficient (Wildman–Crippen LogP) is 3.03. The van der Waals surface area contributed by atoms with Crippen molar-refractivity contribution >= 4 is 0 Å². The van der Waals surface area contributed by atoms with Crippen molar-refractivity contribution in [2.75, 3.05) is 7.11 Å². The molecule has 0 aliphatic carbocycles. The molecule has 0 aliphatic heterocycles. The van der Waals surface area contributed by atoms with E-state index in [2.05, 4.69) is 5.43 Å². The third kappa shape index (κ3) is 3.56. The largest absolute Gasteiger partial charge is 0.496 e. The van der Waals surface area contributed by atoms with E-state index in [0.29, 0.717) is 12.0 Å². The van der Waals surface area contributed by atoms with Gasteiger partial charge in [-0.2, -0.15) is 0 Å². The van der Waals surface area contributed by atoms with Crippen LogP contribution >= 0.6 is 0 Å². The maximum Gasteiger partial charge on any atom is 0.159 e. The highest BCUT2D eigenvalue weighted by atomic mass is 19.2. The van der Waals surface area contributed by atoms with Gasteiger partial charge in [-0.05, 0) is 48.2 Å². The Morgan fingerprint density at radius 3 is 2.52 bits per heavy atom. The molecule has 0 saturated carbocycles. The van der Waals surface area contributed by atoms with Gasteiger partial charge in [0.15, 0.2) is 11.6 Å². The summed E-state index contributed by atoms with van der Waals surface area (Å²) in [4.78, 5) is 0. The van der Waals surface area contributed by atoms with E-state index in [4.69, 9.17) is 10.6 Å². The van der Waals surface area contributed by atoms with Crippen LogP contribution in [0.25, 0.3) is 0 Å². The molecule has 0 aromatic heterocycles. The number of aryl methyl sites for hydroxylation is 1. The minimum atomic E-state index is -0.857. The Morgan fingerprint density at radius 2 is 1.90 bits per heavy atom. The number of rotatable bonds is 5. The van der Waals surface area contributed by atoms with Crippen molar-refractivity contribution in [3.63, 3.8) is 0 Å². The molecule has 2 aromatic rings. The van der Waals surface area contributed by atoms with Gasteiger partial charge in [0, 0.05) is 0 Å². The van der Waals surface area contributed by atoms with Crippen molar-refractivity contribution in [1.29, 1.82) is 0 Å². The molecule has 0 radical (unpaired) electrons. The Hall–Kier alpha value is -1.98. The minimum absolute atomic E-state index is 0.218. The van der Waals surface area contributed by atoms with E-state index in [-0.39, 0.29) is 6.04 Å². The van der Waals surface area contributed by atoms with Gasteiger partial charge < -0.3 is 4.74 Å². The van der Waals surface area contributed by atoms with E-state index in [1.807, 2.05) is 25.1 Å². The summed E-state index contributed by atoms with van der Waals surface area (Å²) in [6.07, 6.45) is 0.444. The van der Waals surface area contributed by atoms with Crippen LogP contribution in [0.2, 0.25) is 0 Å². The van der Waals surface area contributed by atoms with Crippen LogP contribution in [0.1, 0.15) is 22.7 Å². The zero-order valence-corrected chi connectivity index (χ0v) is 12.0. The lowest BCUT2D eigenvalue weighted by molar-refractivity contribution is 0.409. The van der Waals surface area contributed by atoms with E-state index in [0.717, 1.165) is 22.9 Å². The monoisotopic (exact) mass is 292 g/mol. The maximum atomic E-state index is 13.3. The molecule has 2 rings (SSSR count). The first kappa shape index (κ1) is 15.4. The number of hydrogen-bond acceptors (Lipinski definition) is 3. The SMILES string of the molecule is COc1cc(C(Cc2ccc(F)c(F)c2)NN)ccc1C. The van der Waals surface area contributed by atoms with Gasteiger partial charge in [-0.3, -0.25) is 11.3 Å². The fourth-order valence-corrected chi connectivity index (χ4v) is 2.23. The highest BCUT2D eigenvalue weighted by molar-refractivity contribution is 5.38. The van der Waals surface area contributed by atoms with Gasteiger partial charge in [0.2, 0.25) is 0 Å². The summed E-state index contributed by atoms with van der Waals surface area (Å²) >= 11 is 0. The van der Waals surface area contributed by atoms with Gasteiger partial charge in [0.05, 0.1) is 13.2 Å². The summed E-state index contributed by atoms with van der Waals surface area (Å²) in [5.74, 6) is 4.64. The highest BCUT2D eigenvalue weighted by Gasteiger charge is 2.14. The van der Waals surface area contributed by atoms with Gasteiger partial charge in [0.25, 0.3) is 0 Å². The van der Waals surface area contributed by atoms with Crippen molar-refractivity contribution in [1.82, 2.24) is 5.43 Å². The lowest BCUT2D eigenvalue weighted by atomic mass is 9.98. The Labute approximate surface area is 122 Å². The van der Waals surface area contributed by atoms with Crippen molar-refractivity contribution in [3.8, 4) is 5.75 Å². The number of hydrogen-bond donors (Lipinski definition) is 2. The number of benzene rings is 2. The van der Waals surface area contributed by atoms with Crippen LogP contribution in [0, 0.1) is 18.6 Å². The lowest BCUT2D eigenvalue weighted by Gasteiger charge is -2.18. The standard InChI is InChI=1S/C16H18F2N2O/c1-10-3-5-12(9-16(10)21-2)15(20-19)8-11-4-6-13(17)14(18)7-11/h3-7,9,15,20H,8,19H2,1-2H3. The number of hydrazine groups is 1. The van der Waals surface area contributed by atoms with E-state index in [9.17, 15) is 8.78 Å². The van der Waals surface area contributed by atoms with Gasteiger partial charge >= 0.3 is 0 Å². The van der Waals surface area contributed by atoms with E-state index >= 15 is 0 Å². The number of nitrogens with one attached hydrogen (secondary N) is 1. The number of ether oxygens (including phenoxy) is 1. The van der Waals surface area contributed by atoms with E-state index < -0.39 is 11.6 Å². The van der Waals surface area contributed by atoms with Crippen molar-refractivity contribution < 1.29 is 13.5 Å². The average molecular weight is 292 g/mol. The third-order valence-corrected chi connectivity index (χ3v) is 3.46. The number of halogens is 2. The van der Waals surface area contributed by atoms with Gasteiger partial charge in [-0.1, -0.05) is 18.2 Å². The molecule has 3 N–H and O–H groups in total. The Bertz CT molecular complexity index is 632. The first-order valence-electron chi connectivity index (χ1n) is 6.59. The summed E-state index contributed by atoms with van der Waals surface area (Å²) in [6, 6.07) is 9.39. The lowest BCUT2D eigenvalue weighted by Crippen LogP contribution is -2.29.